The first kappa shape index (κ1) is 39.2. The molecule has 238 valence electrons. The maximum absolute atomic E-state index is 12.5. The number of hydrogen-bond acceptors (Lipinski definition) is 16. The summed E-state index contributed by atoms with van der Waals surface area (Å²) in [7, 11) is -5.62. The molecule has 7 atom stereocenters. The topological polar surface area (TPSA) is 269 Å². The first-order chi connectivity index (χ1) is 19.1. The molecule has 0 saturated carbocycles. The number of aliphatic hydroxyl groups is 2. The number of amides is 1. The Morgan fingerprint density at radius 1 is 1.36 bits per heavy atom. The fraction of sp³-hybridized carbons (Fsp3) is 0.571. The van der Waals surface area contributed by atoms with Crippen LogP contribution in [-0.4, -0.2) is 73.3 Å². The number of phosphoric acid groups is 1. The smallest absolute Gasteiger partial charge is 2.00 e. The zero-order valence-electron chi connectivity index (χ0n) is 22.9. The molecule has 0 fully saturated rings. The average molecular weight is 961 g/mol. The Kier molecular flexibility index (Phi) is 16.4. The molecule has 0 aliphatic carbocycles. The fourth-order valence-corrected chi connectivity index (χ4v) is 7.12. The van der Waals surface area contributed by atoms with Crippen molar-refractivity contribution in [2.45, 2.75) is 58.3 Å². The number of hydrogen-bond donors (Lipinski definition) is 5. The van der Waals surface area contributed by atoms with Crippen LogP contribution in [0, 0.1) is 44.1 Å². The quantitative estimate of drug-likeness (QED) is 0.0554. The minimum absolute atomic E-state index is 0. The zero-order chi connectivity index (χ0) is 31.0. The second-order valence-electron chi connectivity index (χ2n) is 8.10. The van der Waals surface area contributed by atoms with Crippen LogP contribution in [0.1, 0.15) is 33.9 Å². The number of nitrogens with two attached hydrogens (primary N) is 1. The van der Waals surface area contributed by atoms with E-state index >= 15 is 0 Å². The molecular weight excluding hydrogens is 928 g/mol. The Bertz CT molecular complexity index is 1170. The van der Waals surface area contributed by atoms with E-state index in [9.17, 15) is 36.1 Å². The van der Waals surface area contributed by atoms with E-state index in [0.29, 0.717) is 0 Å². The third kappa shape index (κ3) is 11.6. The van der Waals surface area contributed by atoms with Crippen molar-refractivity contribution in [1.29, 1.82) is 0 Å². The Morgan fingerprint density at radius 2 is 2.02 bits per heavy atom. The SMILES string of the molecule is C[CH-][C@@H](O)C(NC(C)=O)C(O)[CH-]OP(=O)([O-])O[I+]([O-])(O)OCC1=C(OCC)[C@H](OCC)[C@H](n2ccc(N)nc2=O)O1.[U+2]. The van der Waals surface area contributed by atoms with E-state index < -0.39 is 76.7 Å². The van der Waals surface area contributed by atoms with Crippen LogP contribution in [0.4, 0.5) is 5.82 Å². The minimum atomic E-state index is -6.26. The Balaban J connectivity index is 0.00000882. The van der Waals surface area contributed by atoms with Crippen LogP contribution >= 0.6 is 7.82 Å². The molecule has 0 aromatic carbocycles. The third-order valence-electron chi connectivity index (χ3n) is 5.10. The van der Waals surface area contributed by atoms with Crippen molar-refractivity contribution >= 4 is 19.5 Å². The number of carbonyl (C=O) groups is 1. The van der Waals surface area contributed by atoms with Gasteiger partial charge in [-0.05, 0) is 0 Å². The molecular formula is C21H33IN4O14PU-. The van der Waals surface area contributed by atoms with Crippen LogP contribution in [0.15, 0.2) is 28.6 Å². The summed E-state index contributed by atoms with van der Waals surface area (Å²) in [6, 6.07) is -0.0691. The molecule has 1 amide bonds. The van der Waals surface area contributed by atoms with Gasteiger partial charge in [-0.1, -0.05) is 0 Å². The van der Waals surface area contributed by atoms with Crippen molar-refractivity contribution < 1.29 is 107 Å². The summed E-state index contributed by atoms with van der Waals surface area (Å²) in [4.78, 5) is 39.5. The standard InChI is InChI=1S/C21H34IN4O14P.U/c1-5-13(28)17(24-12(4)27)14(29)10-38-41(33,34)40-22(31,32)37-11-15-18(35-6-2)19(36-7-3)20(39-15)26-9-8-16(23)25-21(26)30;/h5,8-10,13-14,17,19-20,28-29,31H,6-7,11H2,1-4H3,(H,24,27)(H,33,34)(H2,23,25,30);/q-2;+2/p-1/t13-,14?,17?,19+,20-;/m1./s1. The summed E-state index contributed by atoms with van der Waals surface area (Å²) < 4.78 is 66.2. The summed E-state index contributed by atoms with van der Waals surface area (Å²) in [6.07, 6.45) is -2.98. The van der Waals surface area contributed by atoms with Crippen LogP contribution in [-0.2, 0) is 34.0 Å². The first-order valence-corrected chi connectivity index (χ1v) is 17.0. The molecule has 0 radical (unpaired) electrons. The van der Waals surface area contributed by atoms with Crippen molar-refractivity contribution in [3.8, 4) is 0 Å². The molecule has 42 heavy (non-hydrogen) atoms. The summed E-state index contributed by atoms with van der Waals surface area (Å²) in [5.74, 6) is -0.886. The summed E-state index contributed by atoms with van der Waals surface area (Å²) in [5.41, 5.74) is 4.75. The van der Waals surface area contributed by atoms with Crippen molar-refractivity contribution in [2.75, 3.05) is 25.6 Å². The number of nitrogens with zero attached hydrogens (tertiary/aromatic N) is 2. The average Bonchev–Trinajstić information content (AvgIpc) is 3.20. The van der Waals surface area contributed by atoms with E-state index in [0.717, 1.165) is 11.5 Å². The van der Waals surface area contributed by atoms with Crippen LogP contribution in [0.25, 0.3) is 0 Å². The predicted molar refractivity (Wildman–Crippen MR) is 129 cm³/mol. The number of nitrogens with one attached hydrogen (secondary N) is 1. The number of ether oxygens (including phenoxy) is 3. The van der Waals surface area contributed by atoms with Gasteiger partial charge >= 0.3 is 273 Å². The number of phosphoric ester groups is 1. The van der Waals surface area contributed by atoms with E-state index in [1.807, 2.05) is 0 Å². The van der Waals surface area contributed by atoms with Crippen LogP contribution in [0.5, 0.6) is 0 Å². The van der Waals surface area contributed by atoms with Gasteiger partial charge in [0.25, 0.3) is 0 Å². The van der Waals surface area contributed by atoms with Crippen LogP contribution < -0.4 is 45.2 Å². The molecule has 1 aromatic heterocycles. The molecule has 1 aromatic rings. The van der Waals surface area contributed by atoms with E-state index in [2.05, 4.69) is 17.7 Å². The van der Waals surface area contributed by atoms with E-state index in [4.69, 9.17) is 23.0 Å². The predicted octanol–water partition coefficient (Wildman–Crippen LogP) is -5.69. The van der Waals surface area contributed by atoms with Crippen LogP contribution in [0.3, 0.4) is 0 Å². The van der Waals surface area contributed by atoms with Crippen LogP contribution in [0.2, 0.25) is 0 Å². The molecule has 1 aliphatic rings. The third-order valence-corrected chi connectivity index (χ3v) is 9.86. The molecule has 18 nitrogen and oxygen atoms in total. The molecule has 2 heterocycles. The molecule has 21 heteroatoms. The Morgan fingerprint density at radius 3 is 2.57 bits per heavy atom. The molecule has 4 unspecified atom stereocenters. The van der Waals surface area contributed by atoms with Gasteiger partial charge in [0.2, 0.25) is 0 Å². The van der Waals surface area contributed by atoms with E-state index in [-0.39, 0.29) is 68.3 Å². The van der Waals surface area contributed by atoms with Gasteiger partial charge in [0, 0.05) is 0 Å². The van der Waals surface area contributed by atoms with Gasteiger partial charge in [0.1, 0.15) is 0 Å². The normalized spacial score (nSPS) is 22.5. The number of carbonyl (C=O) groups excluding carboxylic acids is 1. The van der Waals surface area contributed by atoms with Gasteiger partial charge < -0.3 is 0 Å². The van der Waals surface area contributed by atoms with E-state index in [1.54, 1.807) is 13.8 Å². The maximum atomic E-state index is 12.5. The number of rotatable bonds is 17. The summed E-state index contributed by atoms with van der Waals surface area (Å²) in [5, 5.41) is 22.3. The number of aromatic nitrogens is 2. The first-order valence-electron chi connectivity index (χ1n) is 12.0. The number of aliphatic hydroxyl groups excluding tert-OH is 2. The van der Waals surface area contributed by atoms with Crippen molar-refractivity contribution in [2.24, 2.45) is 0 Å². The minimum Gasteiger partial charge on any atom is 2.00 e. The zero-order valence-corrected chi connectivity index (χ0v) is 30.2. The van der Waals surface area contributed by atoms with Gasteiger partial charge in [-0.2, -0.15) is 0 Å². The number of halogens is 1. The van der Waals surface area contributed by atoms with Gasteiger partial charge in [0.05, 0.1) is 0 Å². The van der Waals surface area contributed by atoms with Gasteiger partial charge in [-0.25, -0.2) is 0 Å². The Hall–Kier alpha value is -0.858. The van der Waals surface area contributed by atoms with Crippen molar-refractivity contribution in [3.63, 3.8) is 0 Å². The number of nitrogen functional groups attached to an aromatic ring is 1. The van der Waals surface area contributed by atoms with Gasteiger partial charge in [0.15, 0.2) is 0 Å². The molecule has 6 N–H and O–H groups in total. The second kappa shape index (κ2) is 17.6. The summed E-state index contributed by atoms with van der Waals surface area (Å²) in [6.45, 7) is 5.48. The maximum Gasteiger partial charge on any atom is 2.00 e. The second-order valence-corrected chi connectivity index (χ2v) is 13.4. The molecule has 1 aliphatic heterocycles. The van der Waals surface area contributed by atoms with E-state index in [1.165, 1.54) is 25.6 Å². The monoisotopic (exact) mass is 961 g/mol. The molecule has 0 bridgehead atoms. The molecule has 0 saturated heterocycles. The summed E-state index contributed by atoms with van der Waals surface area (Å²) >= 11 is -6.26. The molecule has 0 spiro atoms. The number of anilines is 1. The largest absolute Gasteiger partial charge is 2.00 e. The van der Waals surface area contributed by atoms with Gasteiger partial charge in [-0.15, -0.1) is 0 Å². The van der Waals surface area contributed by atoms with Crippen molar-refractivity contribution in [1.82, 2.24) is 14.9 Å². The molecule has 2 rings (SSSR count). The van der Waals surface area contributed by atoms with Crippen molar-refractivity contribution in [3.05, 3.63) is 47.3 Å². The van der Waals surface area contributed by atoms with Gasteiger partial charge in [-0.3, -0.25) is 0 Å². The fourth-order valence-electron chi connectivity index (χ4n) is 3.43. The Labute approximate surface area is 271 Å².